The first-order chi connectivity index (χ1) is 4.85. The van der Waals surface area contributed by atoms with Crippen LogP contribution in [0.3, 0.4) is 0 Å². The fourth-order valence-corrected chi connectivity index (χ4v) is 0.388. The summed E-state index contributed by atoms with van der Waals surface area (Å²) in [5.41, 5.74) is 0.457. The molecule has 10 heavy (non-hydrogen) atoms. The summed E-state index contributed by atoms with van der Waals surface area (Å²) in [4.78, 5) is 14.0. The maximum Gasteiger partial charge on any atom is 0.168 e. The summed E-state index contributed by atoms with van der Waals surface area (Å²) in [5.74, 6) is 0. The molecular formula is C8H11NO. The van der Waals surface area contributed by atoms with E-state index in [2.05, 4.69) is 4.99 Å². The molecule has 0 spiro atoms. The van der Waals surface area contributed by atoms with Crippen molar-refractivity contribution in [1.82, 2.24) is 0 Å². The zero-order chi connectivity index (χ0) is 7.82. The molecule has 0 heterocycles. The van der Waals surface area contributed by atoms with Crippen molar-refractivity contribution in [3.63, 3.8) is 0 Å². The number of rotatable bonds is 3. The SMILES string of the molecule is C\C=C/C=N\C(C=O)=C/C. The van der Waals surface area contributed by atoms with Crippen LogP contribution in [0.25, 0.3) is 0 Å². The van der Waals surface area contributed by atoms with Gasteiger partial charge in [-0.05, 0) is 19.9 Å². The number of aldehydes is 1. The van der Waals surface area contributed by atoms with Gasteiger partial charge in [0.2, 0.25) is 0 Å². The molecule has 0 saturated carbocycles. The quantitative estimate of drug-likeness (QED) is 0.331. The number of carbonyl (C=O) groups excluding carboxylic acids is 1. The van der Waals surface area contributed by atoms with Crippen LogP contribution in [0.1, 0.15) is 13.8 Å². The minimum Gasteiger partial charge on any atom is -0.296 e. The maximum absolute atomic E-state index is 10.1. The van der Waals surface area contributed by atoms with Crippen LogP contribution in [0.4, 0.5) is 0 Å². The monoisotopic (exact) mass is 137 g/mol. The average Bonchev–Trinajstić information content (AvgIpc) is 1.99. The van der Waals surface area contributed by atoms with Crippen molar-refractivity contribution in [2.24, 2.45) is 4.99 Å². The Morgan fingerprint density at radius 2 is 2.10 bits per heavy atom. The highest BCUT2D eigenvalue weighted by Gasteiger charge is 1.81. The number of carbonyl (C=O) groups is 1. The van der Waals surface area contributed by atoms with Crippen molar-refractivity contribution in [2.75, 3.05) is 0 Å². The second kappa shape index (κ2) is 5.95. The summed E-state index contributed by atoms with van der Waals surface area (Å²) >= 11 is 0. The predicted molar refractivity (Wildman–Crippen MR) is 43.1 cm³/mol. The lowest BCUT2D eigenvalue weighted by Gasteiger charge is -1.82. The third kappa shape index (κ3) is 3.78. The summed E-state index contributed by atoms with van der Waals surface area (Å²) < 4.78 is 0. The summed E-state index contributed by atoms with van der Waals surface area (Å²) in [5, 5.41) is 0. The first-order valence-electron chi connectivity index (χ1n) is 3.12. The molecule has 0 fully saturated rings. The van der Waals surface area contributed by atoms with Crippen molar-refractivity contribution >= 4 is 12.5 Å². The molecular weight excluding hydrogens is 126 g/mol. The number of hydrogen-bond acceptors (Lipinski definition) is 2. The van der Waals surface area contributed by atoms with Gasteiger partial charge in [0.1, 0.15) is 0 Å². The molecule has 0 radical (unpaired) electrons. The summed E-state index contributed by atoms with van der Waals surface area (Å²) in [6, 6.07) is 0. The van der Waals surface area contributed by atoms with Crippen molar-refractivity contribution in [1.29, 1.82) is 0 Å². The lowest BCUT2D eigenvalue weighted by atomic mass is 10.4. The highest BCUT2D eigenvalue weighted by atomic mass is 16.1. The Kier molecular flexibility index (Phi) is 5.25. The van der Waals surface area contributed by atoms with Gasteiger partial charge >= 0.3 is 0 Å². The van der Waals surface area contributed by atoms with Gasteiger partial charge in [-0.25, -0.2) is 0 Å². The van der Waals surface area contributed by atoms with Crippen LogP contribution in [-0.4, -0.2) is 12.5 Å². The molecule has 0 aromatic heterocycles. The van der Waals surface area contributed by atoms with Gasteiger partial charge < -0.3 is 0 Å². The molecule has 2 heteroatoms. The Hall–Kier alpha value is -1.18. The minimum atomic E-state index is 0.457. The molecule has 0 bridgehead atoms. The van der Waals surface area contributed by atoms with Crippen LogP contribution in [0.15, 0.2) is 28.9 Å². The Morgan fingerprint density at radius 3 is 2.50 bits per heavy atom. The van der Waals surface area contributed by atoms with E-state index >= 15 is 0 Å². The lowest BCUT2D eigenvalue weighted by molar-refractivity contribution is -0.104. The Balaban J connectivity index is 3.98. The molecule has 0 aliphatic rings. The Bertz CT molecular complexity index is 178. The highest BCUT2D eigenvalue weighted by Crippen LogP contribution is 1.88. The molecule has 54 valence electrons. The summed E-state index contributed by atoms with van der Waals surface area (Å²) in [6.45, 7) is 3.67. The fourth-order valence-electron chi connectivity index (χ4n) is 0.388. The molecule has 0 amide bonds. The molecule has 2 nitrogen and oxygen atoms in total. The van der Waals surface area contributed by atoms with E-state index in [-0.39, 0.29) is 0 Å². The van der Waals surface area contributed by atoms with Crippen LogP contribution in [-0.2, 0) is 4.79 Å². The normalized spacial score (nSPS) is 13.2. The topological polar surface area (TPSA) is 29.4 Å². The smallest absolute Gasteiger partial charge is 0.168 e. The maximum atomic E-state index is 10.1. The number of allylic oxidation sites excluding steroid dienone is 4. The molecule has 0 saturated heterocycles. The van der Waals surface area contributed by atoms with Crippen LogP contribution >= 0.6 is 0 Å². The highest BCUT2D eigenvalue weighted by molar-refractivity contribution is 5.80. The lowest BCUT2D eigenvalue weighted by Crippen LogP contribution is -1.77. The van der Waals surface area contributed by atoms with E-state index < -0.39 is 0 Å². The Labute approximate surface area is 61.0 Å². The molecule has 0 unspecified atom stereocenters. The summed E-state index contributed by atoms with van der Waals surface area (Å²) in [7, 11) is 0. The predicted octanol–water partition coefficient (Wildman–Crippen LogP) is 1.74. The van der Waals surface area contributed by atoms with Gasteiger partial charge in [0.25, 0.3) is 0 Å². The Morgan fingerprint density at radius 1 is 1.40 bits per heavy atom. The summed E-state index contributed by atoms with van der Waals surface area (Å²) in [6.07, 6.45) is 7.59. The van der Waals surface area contributed by atoms with Crippen molar-refractivity contribution in [3.8, 4) is 0 Å². The van der Waals surface area contributed by atoms with E-state index in [9.17, 15) is 4.79 Å². The van der Waals surface area contributed by atoms with Gasteiger partial charge in [-0.2, -0.15) is 0 Å². The fraction of sp³-hybridized carbons (Fsp3) is 0.250. The van der Waals surface area contributed by atoms with Gasteiger partial charge in [0.05, 0.1) is 5.70 Å². The van der Waals surface area contributed by atoms with E-state index in [1.165, 1.54) is 0 Å². The molecule has 0 rings (SSSR count). The van der Waals surface area contributed by atoms with E-state index in [1.807, 2.05) is 13.0 Å². The second-order valence-electron chi connectivity index (χ2n) is 1.64. The first kappa shape index (κ1) is 8.82. The molecule has 0 atom stereocenters. The zero-order valence-corrected chi connectivity index (χ0v) is 6.24. The molecule has 0 aromatic rings. The van der Waals surface area contributed by atoms with Gasteiger partial charge in [0.15, 0.2) is 6.29 Å². The van der Waals surface area contributed by atoms with Gasteiger partial charge in [-0.15, -0.1) is 0 Å². The third-order valence-electron chi connectivity index (χ3n) is 0.919. The van der Waals surface area contributed by atoms with E-state index in [1.54, 1.807) is 25.3 Å². The van der Waals surface area contributed by atoms with E-state index in [0.29, 0.717) is 5.70 Å². The first-order valence-corrected chi connectivity index (χ1v) is 3.12. The molecule has 0 aliphatic carbocycles. The van der Waals surface area contributed by atoms with Crippen molar-refractivity contribution < 1.29 is 4.79 Å². The molecule has 0 aromatic carbocycles. The van der Waals surface area contributed by atoms with Crippen molar-refractivity contribution in [3.05, 3.63) is 23.9 Å². The standard InChI is InChI=1S/C8H11NO/c1-3-5-6-9-8(4-2)7-10/h3-7H,1-2H3/b5-3-,8-4-,9-6-. The largest absolute Gasteiger partial charge is 0.296 e. The van der Waals surface area contributed by atoms with Gasteiger partial charge in [0, 0.05) is 6.21 Å². The number of aliphatic imine (C=N–C) groups is 1. The second-order valence-corrected chi connectivity index (χ2v) is 1.64. The molecule has 0 N–H and O–H groups in total. The zero-order valence-electron chi connectivity index (χ0n) is 6.24. The van der Waals surface area contributed by atoms with Gasteiger partial charge in [-0.1, -0.05) is 12.2 Å². The number of hydrogen-bond donors (Lipinski definition) is 0. The van der Waals surface area contributed by atoms with E-state index in [4.69, 9.17) is 0 Å². The minimum absolute atomic E-state index is 0.457. The van der Waals surface area contributed by atoms with Crippen LogP contribution in [0.2, 0.25) is 0 Å². The van der Waals surface area contributed by atoms with Crippen LogP contribution in [0, 0.1) is 0 Å². The third-order valence-corrected chi connectivity index (χ3v) is 0.919. The van der Waals surface area contributed by atoms with E-state index in [0.717, 1.165) is 6.29 Å². The van der Waals surface area contributed by atoms with Gasteiger partial charge in [-0.3, -0.25) is 9.79 Å². The molecule has 0 aliphatic heterocycles. The van der Waals surface area contributed by atoms with Crippen LogP contribution in [0.5, 0.6) is 0 Å². The number of nitrogens with zero attached hydrogens (tertiary/aromatic N) is 1. The van der Waals surface area contributed by atoms with Crippen LogP contribution < -0.4 is 0 Å². The average molecular weight is 137 g/mol. The van der Waals surface area contributed by atoms with Crippen molar-refractivity contribution in [2.45, 2.75) is 13.8 Å².